The summed E-state index contributed by atoms with van der Waals surface area (Å²) in [5.74, 6) is -0.868. The van der Waals surface area contributed by atoms with Gasteiger partial charge in [0.1, 0.15) is 6.61 Å². The molecule has 10 heteroatoms. The van der Waals surface area contributed by atoms with Crippen LogP contribution in [0.2, 0.25) is 0 Å². The molecule has 0 aliphatic carbocycles. The maximum atomic E-state index is 12.3. The number of phosphoric acid groups is 1. The Labute approximate surface area is 266 Å². The zero-order valence-electron chi connectivity index (χ0n) is 27.6. The topological polar surface area (TPSA) is 136 Å². The number of unbranched alkanes of at least 4 members (excludes halogenated alkanes) is 16. The van der Waals surface area contributed by atoms with Crippen molar-refractivity contribution in [1.29, 1.82) is 0 Å². The lowest BCUT2D eigenvalue weighted by atomic mass is 10.1. The molecule has 0 aromatic heterocycles. The predicted octanol–water partition coefficient (Wildman–Crippen LogP) is 8.85. The molecule has 0 radical (unpaired) electrons. The van der Waals surface area contributed by atoms with Crippen LogP contribution in [0, 0.1) is 0 Å². The molecule has 0 heterocycles. The first-order valence-corrected chi connectivity index (χ1v) is 18.6. The van der Waals surface area contributed by atoms with Crippen LogP contribution in [0.15, 0.2) is 24.3 Å². The summed E-state index contributed by atoms with van der Waals surface area (Å²) in [6.07, 6.45) is 27.3. The Kier molecular flexibility index (Phi) is 28.7. The number of carbonyl (C=O) groups excluding carboxylic acids is 3. The highest BCUT2D eigenvalue weighted by atomic mass is 31.2. The van der Waals surface area contributed by atoms with Gasteiger partial charge in [0.2, 0.25) is 0 Å². The molecule has 0 spiro atoms. The van der Waals surface area contributed by atoms with Crippen molar-refractivity contribution in [3.8, 4) is 0 Å². The Morgan fingerprint density at radius 1 is 0.636 bits per heavy atom. The number of ether oxygens (including phenoxy) is 2. The lowest BCUT2D eigenvalue weighted by molar-refractivity contribution is -0.161. The maximum Gasteiger partial charge on any atom is 0.469 e. The molecule has 0 fully saturated rings. The van der Waals surface area contributed by atoms with Gasteiger partial charge in [-0.25, -0.2) is 4.57 Å². The quantitative estimate of drug-likeness (QED) is 0.0249. The normalized spacial score (nSPS) is 12.6. The van der Waals surface area contributed by atoms with Crippen LogP contribution in [0.3, 0.4) is 0 Å². The molecule has 0 unspecified atom stereocenters. The molecule has 1 atom stereocenters. The molecule has 0 aliphatic heterocycles. The van der Waals surface area contributed by atoms with Crippen molar-refractivity contribution >= 4 is 25.5 Å². The van der Waals surface area contributed by atoms with Gasteiger partial charge < -0.3 is 19.3 Å². The molecule has 0 amide bonds. The molecular weight excluding hydrogens is 583 g/mol. The van der Waals surface area contributed by atoms with E-state index in [0.29, 0.717) is 19.3 Å². The van der Waals surface area contributed by atoms with Crippen molar-refractivity contribution in [1.82, 2.24) is 0 Å². The first-order valence-electron chi connectivity index (χ1n) is 17.1. The van der Waals surface area contributed by atoms with Crippen molar-refractivity contribution in [3.05, 3.63) is 24.3 Å². The van der Waals surface area contributed by atoms with Crippen LogP contribution in [0.25, 0.3) is 0 Å². The van der Waals surface area contributed by atoms with E-state index in [9.17, 15) is 18.9 Å². The van der Waals surface area contributed by atoms with E-state index in [4.69, 9.17) is 19.3 Å². The van der Waals surface area contributed by atoms with Gasteiger partial charge in [-0.15, -0.1) is 0 Å². The molecule has 2 N–H and O–H groups in total. The monoisotopic (exact) mass is 644 g/mol. The Hall–Kier alpha value is -1.80. The zero-order chi connectivity index (χ0) is 32.7. The standard InChI is InChI=1S/C34H61O9P/c1-3-5-7-9-11-12-13-15-19-23-27-33(36)41-29-32(30-42-44(38,39)40)43-34(37)28-24-20-16-18-22-26-31(35)25-21-17-14-10-8-6-4-2/h14,17,21,25,32H,3-13,15-16,18-20,22-24,26-30H2,1-2H3,(H2,38,39,40)/b17-14-,25-21+/t32-/m1/s1. The summed E-state index contributed by atoms with van der Waals surface area (Å²) in [6.45, 7) is 3.49. The molecule has 44 heavy (non-hydrogen) atoms. The van der Waals surface area contributed by atoms with Crippen LogP contribution in [-0.2, 0) is 32.9 Å². The number of esters is 2. The Bertz CT molecular complexity index is 835. The van der Waals surface area contributed by atoms with Crippen molar-refractivity contribution in [3.63, 3.8) is 0 Å². The molecule has 256 valence electrons. The number of carbonyl (C=O) groups is 3. The average Bonchev–Trinajstić information content (AvgIpc) is 2.98. The summed E-state index contributed by atoms with van der Waals surface area (Å²) >= 11 is 0. The highest BCUT2D eigenvalue weighted by Gasteiger charge is 2.22. The summed E-state index contributed by atoms with van der Waals surface area (Å²) in [6, 6.07) is 0. The third-order valence-electron chi connectivity index (χ3n) is 7.20. The fraction of sp³-hybridized carbons (Fsp3) is 0.794. The Balaban J connectivity index is 4.11. The van der Waals surface area contributed by atoms with Crippen molar-refractivity contribution in [2.24, 2.45) is 0 Å². The van der Waals surface area contributed by atoms with Crippen LogP contribution >= 0.6 is 7.82 Å². The van der Waals surface area contributed by atoms with Gasteiger partial charge in [-0.1, -0.05) is 122 Å². The van der Waals surface area contributed by atoms with E-state index in [1.165, 1.54) is 57.8 Å². The largest absolute Gasteiger partial charge is 0.469 e. The van der Waals surface area contributed by atoms with E-state index in [1.54, 1.807) is 12.2 Å². The SMILES string of the molecule is CCCCC/C=C\C=C\C(=O)CCCCCCCC(=O)O[C@H](COC(=O)CCCCCCCCCCCC)COP(=O)(O)O. The van der Waals surface area contributed by atoms with E-state index >= 15 is 0 Å². The number of phosphoric ester groups is 1. The van der Waals surface area contributed by atoms with E-state index < -0.39 is 32.5 Å². The number of ketones is 1. The van der Waals surface area contributed by atoms with Crippen LogP contribution in [0.5, 0.6) is 0 Å². The van der Waals surface area contributed by atoms with Gasteiger partial charge in [0.25, 0.3) is 0 Å². The van der Waals surface area contributed by atoms with Crippen LogP contribution in [0.1, 0.15) is 155 Å². The summed E-state index contributed by atoms with van der Waals surface area (Å²) in [7, 11) is -4.77. The second-order valence-corrected chi connectivity index (χ2v) is 12.8. The van der Waals surface area contributed by atoms with Crippen LogP contribution in [0.4, 0.5) is 0 Å². The fourth-order valence-electron chi connectivity index (χ4n) is 4.59. The second-order valence-electron chi connectivity index (χ2n) is 11.5. The second kappa shape index (κ2) is 29.9. The molecular formula is C34H61O9P. The molecule has 0 aromatic rings. The number of rotatable bonds is 31. The number of hydrogen-bond acceptors (Lipinski definition) is 7. The fourth-order valence-corrected chi connectivity index (χ4v) is 4.95. The van der Waals surface area contributed by atoms with Gasteiger partial charge in [-0.05, 0) is 38.2 Å². The van der Waals surface area contributed by atoms with Gasteiger partial charge in [0.15, 0.2) is 11.9 Å². The molecule has 0 aromatic carbocycles. The third-order valence-corrected chi connectivity index (χ3v) is 7.68. The van der Waals surface area contributed by atoms with Crippen molar-refractivity contribution < 1.29 is 42.7 Å². The zero-order valence-corrected chi connectivity index (χ0v) is 28.5. The minimum atomic E-state index is -4.77. The predicted molar refractivity (Wildman–Crippen MR) is 175 cm³/mol. The highest BCUT2D eigenvalue weighted by molar-refractivity contribution is 7.46. The van der Waals surface area contributed by atoms with E-state index in [-0.39, 0.29) is 25.2 Å². The van der Waals surface area contributed by atoms with Gasteiger partial charge in [0, 0.05) is 19.3 Å². The lowest BCUT2D eigenvalue weighted by Crippen LogP contribution is -2.29. The maximum absolute atomic E-state index is 12.3. The first-order chi connectivity index (χ1) is 21.2. The summed E-state index contributed by atoms with van der Waals surface area (Å²) in [5, 5.41) is 0. The first kappa shape index (κ1) is 42.2. The summed E-state index contributed by atoms with van der Waals surface area (Å²) in [5.41, 5.74) is 0. The minimum absolute atomic E-state index is 0.111. The molecule has 0 aliphatic rings. The van der Waals surface area contributed by atoms with Crippen molar-refractivity contribution in [2.45, 2.75) is 161 Å². The summed E-state index contributed by atoms with van der Waals surface area (Å²) < 4.78 is 26.1. The highest BCUT2D eigenvalue weighted by Crippen LogP contribution is 2.35. The number of allylic oxidation sites excluding steroid dienone is 4. The van der Waals surface area contributed by atoms with Gasteiger partial charge >= 0.3 is 19.8 Å². The Morgan fingerprint density at radius 2 is 1.14 bits per heavy atom. The molecule has 0 rings (SSSR count). The number of hydrogen-bond donors (Lipinski definition) is 2. The molecule has 0 bridgehead atoms. The molecule has 0 saturated carbocycles. The van der Waals surface area contributed by atoms with Gasteiger partial charge in [-0.2, -0.15) is 0 Å². The van der Waals surface area contributed by atoms with E-state index in [0.717, 1.165) is 51.4 Å². The van der Waals surface area contributed by atoms with Crippen LogP contribution < -0.4 is 0 Å². The molecule has 9 nitrogen and oxygen atoms in total. The van der Waals surface area contributed by atoms with Crippen molar-refractivity contribution in [2.75, 3.05) is 13.2 Å². The van der Waals surface area contributed by atoms with Gasteiger partial charge in [-0.3, -0.25) is 18.9 Å². The van der Waals surface area contributed by atoms with E-state index in [2.05, 4.69) is 24.4 Å². The summed E-state index contributed by atoms with van der Waals surface area (Å²) in [4.78, 5) is 54.4. The third kappa shape index (κ3) is 31.6. The lowest BCUT2D eigenvalue weighted by Gasteiger charge is -2.18. The average molecular weight is 645 g/mol. The van der Waals surface area contributed by atoms with Gasteiger partial charge in [0.05, 0.1) is 6.61 Å². The smallest absolute Gasteiger partial charge is 0.462 e. The molecule has 0 saturated heterocycles. The Morgan fingerprint density at radius 3 is 1.70 bits per heavy atom. The van der Waals surface area contributed by atoms with E-state index in [1.807, 2.05) is 6.08 Å². The minimum Gasteiger partial charge on any atom is -0.462 e. The van der Waals surface area contributed by atoms with Crippen LogP contribution in [-0.4, -0.2) is 46.8 Å².